The van der Waals surface area contributed by atoms with E-state index in [1.807, 2.05) is 48.5 Å². The molecule has 122 valence electrons. The molecule has 3 rings (SSSR count). The van der Waals surface area contributed by atoms with Crippen LogP contribution in [0.4, 0.5) is 5.13 Å². The molecule has 0 fully saturated rings. The van der Waals surface area contributed by atoms with E-state index in [1.165, 1.54) is 16.9 Å². The Kier molecular flexibility index (Phi) is 5.23. The van der Waals surface area contributed by atoms with E-state index in [1.54, 1.807) is 13.1 Å². The lowest BCUT2D eigenvalue weighted by Crippen LogP contribution is -2.30. The Balaban J connectivity index is 1.57. The van der Waals surface area contributed by atoms with Gasteiger partial charge in [0.2, 0.25) is 0 Å². The number of nitrogens with zero attached hydrogens (tertiary/aromatic N) is 1. The maximum atomic E-state index is 12.2. The first kappa shape index (κ1) is 16.2. The number of anilines is 1. The van der Waals surface area contributed by atoms with Crippen molar-refractivity contribution in [3.63, 3.8) is 0 Å². The van der Waals surface area contributed by atoms with E-state index < -0.39 is 6.10 Å². The van der Waals surface area contributed by atoms with Gasteiger partial charge in [0.15, 0.2) is 11.2 Å². The predicted octanol–water partition coefficient (Wildman–Crippen LogP) is 4.14. The largest absolute Gasteiger partial charge is 0.481 e. The number of carbonyl (C=O) groups excluding carboxylic acids is 1. The first-order valence-corrected chi connectivity index (χ1v) is 8.53. The Labute approximate surface area is 145 Å². The van der Waals surface area contributed by atoms with E-state index in [2.05, 4.69) is 22.4 Å². The molecule has 1 N–H and O–H groups in total. The van der Waals surface area contributed by atoms with Crippen LogP contribution in [0.25, 0.3) is 0 Å². The number of amides is 1. The fourth-order valence-electron chi connectivity index (χ4n) is 2.21. The number of aromatic nitrogens is 1. The smallest absolute Gasteiger partial charge is 0.266 e. The molecule has 0 unspecified atom stereocenters. The van der Waals surface area contributed by atoms with Gasteiger partial charge < -0.3 is 4.74 Å². The van der Waals surface area contributed by atoms with E-state index in [0.717, 1.165) is 11.3 Å². The van der Waals surface area contributed by atoms with E-state index in [4.69, 9.17) is 4.74 Å². The summed E-state index contributed by atoms with van der Waals surface area (Å²) in [5.41, 5.74) is 1.22. The van der Waals surface area contributed by atoms with Crippen LogP contribution in [0, 0.1) is 0 Å². The van der Waals surface area contributed by atoms with Gasteiger partial charge in [-0.1, -0.05) is 48.5 Å². The van der Waals surface area contributed by atoms with Gasteiger partial charge >= 0.3 is 0 Å². The van der Waals surface area contributed by atoms with Crippen LogP contribution in [-0.4, -0.2) is 17.0 Å². The SMILES string of the molecule is C[C@@H](Oc1ccccc1)C(=O)Nc1ncc(Cc2ccccc2)s1. The number of benzene rings is 2. The molecule has 1 amide bonds. The molecule has 0 radical (unpaired) electrons. The number of para-hydroxylation sites is 1. The zero-order valence-electron chi connectivity index (χ0n) is 13.3. The Morgan fingerprint density at radius 2 is 1.79 bits per heavy atom. The third kappa shape index (κ3) is 4.43. The number of thiazole rings is 1. The molecule has 0 spiro atoms. The Morgan fingerprint density at radius 3 is 2.50 bits per heavy atom. The summed E-state index contributed by atoms with van der Waals surface area (Å²) in [5.74, 6) is 0.462. The van der Waals surface area contributed by atoms with Gasteiger partial charge in [-0.25, -0.2) is 4.98 Å². The van der Waals surface area contributed by atoms with E-state index in [9.17, 15) is 4.79 Å². The van der Waals surface area contributed by atoms with Crippen molar-refractivity contribution in [1.29, 1.82) is 0 Å². The summed E-state index contributed by atoms with van der Waals surface area (Å²) < 4.78 is 5.62. The molecule has 1 heterocycles. The average molecular weight is 338 g/mol. The van der Waals surface area contributed by atoms with Gasteiger partial charge in [-0.3, -0.25) is 10.1 Å². The van der Waals surface area contributed by atoms with Crippen molar-refractivity contribution in [2.24, 2.45) is 0 Å². The van der Waals surface area contributed by atoms with Crippen molar-refractivity contribution in [1.82, 2.24) is 4.98 Å². The van der Waals surface area contributed by atoms with Gasteiger partial charge in [-0.2, -0.15) is 0 Å². The molecule has 0 aliphatic rings. The van der Waals surface area contributed by atoms with Crippen molar-refractivity contribution in [2.75, 3.05) is 5.32 Å². The first-order chi connectivity index (χ1) is 11.7. The Morgan fingerprint density at radius 1 is 1.12 bits per heavy atom. The van der Waals surface area contributed by atoms with Crippen LogP contribution in [0.3, 0.4) is 0 Å². The van der Waals surface area contributed by atoms with Gasteiger partial charge in [0.05, 0.1) is 0 Å². The molecule has 0 saturated carbocycles. The predicted molar refractivity (Wildman–Crippen MR) is 96.5 cm³/mol. The third-order valence-corrected chi connectivity index (χ3v) is 4.34. The molecule has 0 aliphatic carbocycles. The van der Waals surface area contributed by atoms with Crippen molar-refractivity contribution >= 4 is 22.4 Å². The highest BCUT2D eigenvalue weighted by molar-refractivity contribution is 7.15. The van der Waals surface area contributed by atoms with Gasteiger partial charge in [0.1, 0.15) is 5.75 Å². The molecular formula is C19H18N2O2S. The molecule has 0 aliphatic heterocycles. The van der Waals surface area contributed by atoms with Crippen LogP contribution in [-0.2, 0) is 11.2 Å². The highest BCUT2D eigenvalue weighted by Crippen LogP contribution is 2.21. The maximum Gasteiger partial charge on any atom is 0.266 e. The minimum absolute atomic E-state index is 0.209. The standard InChI is InChI=1S/C19H18N2O2S/c1-14(23-16-10-6-3-7-11-16)18(22)21-19-20-13-17(24-19)12-15-8-4-2-5-9-15/h2-11,13-14H,12H2,1H3,(H,20,21,22)/t14-/m1/s1. The maximum absolute atomic E-state index is 12.2. The summed E-state index contributed by atoms with van der Waals surface area (Å²) >= 11 is 1.48. The fourth-order valence-corrected chi connectivity index (χ4v) is 3.06. The van der Waals surface area contributed by atoms with E-state index in [0.29, 0.717) is 10.9 Å². The minimum Gasteiger partial charge on any atom is -0.481 e. The van der Waals surface area contributed by atoms with Crippen molar-refractivity contribution in [2.45, 2.75) is 19.4 Å². The highest BCUT2D eigenvalue weighted by atomic mass is 32.1. The molecule has 2 aromatic carbocycles. The van der Waals surface area contributed by atoms with Gasteiger partial charge in [-0.05, 0) is 24.6 Å². The summed E-state index contributed by atoms with van der Waals surface area (Å²) in [6.07, 6.45) is 2.02. The number of hydrogen-bond acceptors (Lipinski definition) is 4. The monoisotopic (exact) mass is 338 g/mol. The average Bonchev–Trinajstić information content (AvgIpc) is 3.03. The topological polar surface area (TPSA) is 51.2 Å². The molecule has 1 aromatic heterocycles. The summed E-state index contributed by atoms with van der Waals surface area (Å²) in [6, 6.07) is 19.5. The number of ether oxygens (including phenoxy) is 1. The molecule has 1 atom stereocenters. The van der Waals surface area contributed by atoms with E-state index in [-0.39, 0.29) is 5.91 Å². The van der Waals surface area contributed by atoms with Crippen LogP contribution in [0.15, 0.2) is 66.9 Å². The molecule has 24 heavy (non-hydrogen) atoms. The van der Waals surface area contributed by atoms with Crippen LogP contribution < -0.4 is 10.1 Å². The lowest BCUT2D eigenvalue weighted by atomic mass is 10.1. The third-order valence-electron chi connectivity index (χ3n) is 3.43. The summed E-state index contributed by atoms with van der Waals surface area (Å²) in [5, 5.41) is 3.40. The van der Waals surface area contributed by atoms with Crippen LogP contribution in [0.1, 0.15) is 17.4 Å². The van der Waals surface area contributed by atoms with Gasteiger partial charge in [0, 0.05) is 17.5 Å². The second kappa shape index (κ2) is 7.75. The second-order valence-electron chi connectivity index (χ2n) is 5.36. The second-order valence-corrected chi connectivity index (χ2v) is 6.47. The van der Waals surface area contributed by atoms with Gasteiger partial charge in [0.25, 0.3) is 5.91 Å². The zero-order valence-corrected chi connectivity index (χ0v) is 14.1. The lowest BCUT2D eigenvalue weighted by molar-refractivity contribution is -0.122. The van der Waals surface area contributed by atoms with Crippen molar-refractivity contribution < 1.29 is 9.53 Å². The summed E-state index contributed by atoms with van der Waals surface area (Å²) in [4.78, 5) is 17.6. The minimum atomic E-state index is -0.589. The normalized spacial score (nSPS) is 11.7. The Bertz CT molecular complexity index is 787. The first-order valence-electron chi connectivity index (χ1n) is 7.72. The molecule has 5 heteroatoms. The zero-order chi connectivity index (χ0) is 16.8. The number of rotatable bonds is 6. The molecular weight excluding hydrogens is 320 g/mol. The Hall–Kier alpha value is -2.66. The number of carbonyl (C=O) groups is 1. The lowest BCUT2D eigenvalue weighted by Gasteiger charge is -2.13. The fraction of sp³-hybridized carbons (Fsp3) is 0.158. The quantitative estimate of drug-likeness (QED) is 0.735. The number of hydrogen-bond donors (Lipinski definition) is 1. The van der Waals surface area contributed by atoms with Crippen LogP contribution >= 0.6 is 11.3 Å². The molecule has 3 aromatic rings. The van der Waals surface area contributed by atoms with Crippen LogP contribution in [0.5, 0.6) is 5.75 Å². The number of nitrogens with one attached hydrogen (secondary N) is 1. The highest BCUT2D eigenvalue weighted by Gasteiger charge is 2.16. The van der Waals surface area contributed by atoms with Crippen molar-refractivity contribution in [3.05, 3.63) is 77.3 Å². The van der Waals surface area contributed by atoms with E-state index >= 15 is 0 Å². The van der Waals surface area contributed by atoms with Gasteiger partial charge in [-0.15, -0.1) is 11.3 Å². The summed E-state index contributed by atoms with van der Waals surface area (Å²) in [7, 11) is 0. The summed E-state index contributed by atoms with van der Waals surface area (Å²) in [6.45, 7) is 1.72. The molecule has 0 saturated heterocycles. The molecule has 0 bridgehead atoms. The van der Waals surface area contributed by atoms with Crippen LogP contribution in [0.2, 0.25) is 0 Å². The van der Waals surface area contributed by atoms with Crippen molar-refractivity contribution in [3.8, 4) is 5.75 Å². The molecule has 4 nitrogen and oxygen atoms in total.